The van der Waals surface area contributed by atoms with Gasteiger partial charge in [-0.3, -0.25) is 39.2 Å². The summed E-state index contributed by atoms with van der Waals surface area (Å²) < 4.78 is 0. The van der Waals surface area contributed by atoms with Crippen LogP contribution in [-0.4, -0.2) is 139 Å². The number of hydrogen-bond acceptors (Lipinski definition) is 6. The van der Waals surface area contributed by atoms with Crippen molar-refractivity contribution in [3.63, 3.8) is 0 Å². The van der Waals surface area contributed by atoms with Crippen LogP contribution < -0.4 is 21.3 Å². The zero-order valence-corrected chi connectivity index (χ0v) is 17.3. The van der Waals surface area contributed by atoms with Crippen LogP contribution in [0.3, 0.4) is 0 Å². The fourth-order valence-electron chi connectivity index (χ4n) is 6.36. The van der Waals surface area contributed by atoms with Crippen molar-refractivity contribution < 1.29 is 28.8 Å². The van der Waals surface area contributed by atoms with Crippen molar-refractivity contribution in [1.29, 1.82) is 0 Å². The van der Waals surface area contributed by atoms with Crippen LogP contribution in [0, 0.1) is 0 Å². The number of nitrogens with one attached hydrogen (secondary N) is 4. The van der Waals surface area contributed by atoms with Gasteiger partial charge < -0.3 is 21.3 Å². The van der Waals surface area contributed by atoms with Gasteiger partial charge in [0.25, 0.3) is 0 Å². The first-order chi connectivity index (χ1) is 16.3. The van der Waals surface area contributed by atoms with Gasteiger partial charge in [0, 0.05) is 0 Å². The van der Waals surface area contributed by atoms with Gasteiger partial charge in [-0.05, 0) is 0 Å². The monoisotopic (exact) mass is 474 g/mol. The largest absolute Gasteiger partial charge is 0.326 e. The van der Waals surface area contributed by atoms with Crippen LogP contribution in [-0.2, 0) is 0 Å². The minimum Gasteiger partial charge on any atom is -0.314 e. The molecule has 8 fully saturated rings. The molecule has 178 valence electrons. The summed E-state index contributed by atoms with van der Waals surface area (Å²) >= 11 is 0. The molecule has 8 rings (SSSR count). The summed E-state index contributed by atoms with van der Waals surface area (Å²) in [5, 5.41) is 10.7. The second kappa shape index (κ2) is 5.39. The molecular weight excluding hydrogens is 456 g/mol. The Bertz CT molecular complexity index is 970. The van der Waals surface area contributed by atoms with E-state index < -0.39 is 73.2 Å². The minimum atomic E-state index is -0.829. The van der Waals surface area contributed by atoms with Crippen molar-refractivity contribution in [2.45, 2.75) is 37.0 Å². The third-order valence-corrected chi connectivity index (χ3v) is 7.78. The molecule has 0 radical (unpaired) electrons. The fraction of sp³-hybridized carbons (Fsp3) is 0.625. The number of nitrogens with zero attached hydrogens (tertiary/aromatic N) is 8. The van der Waals surface area contributed by atoms with Gasteiger partial charge >= 0.3 is 36.2 Å². The van der Waals surface area contributed by atoms with E-state index in [-0.39, 0.29) is 26.7 Å². The van der Waals surface area contributed by atoms with Crippen LogP contribution in [0.2, 0.25) is 0 Å². The van der Waals surface area contributed by atoms with Crippen LogP contribution in [0.5, 0.6) is 0 Å². The molecule has 8 heterocycles. The van der Waals surface area contributed by atoms with Gasteiger partial charge in [-0.25, -0.2) is 28.8 Å². The molecule has 12 amide bonds. The van der Waals surface area contributed by atoms with E-state index in [9.17, 15) is 28.8 Å². The van der Waals surface area contributed by atoms with Gasteiger partial charge in [0.1, 0.15) is 39.0 Å². The van der Waals surface area contributed by atoms with Gasteiger partial charge in [0.2, 0.25) is 0 Å². The summed E-state index contributed by atoms with van der Waals surface area (Å²) in [7, 11) is 0. The first-order valence-corrected chi connectivity index (χ1v) is 10.8. The number of hydrogen-bond donors (Lipinski definition) is 4. The van der Waals surface area contributed by atoms with Crippen LogP contribution >= 0.6 is 0 Å². The molecule has 8 aliphatic rings. The Morgan fingerprint density at radius 2 is 0.676 bits per heavy atom. The quantitative estimate of drug-likeness (QED) is 0.282. The molecule has 8 saturated heterocycles. The maximum absolute atomic E-state index is 13.6. The molecule has 18 nitrogen and oxygen atoms in total. The topological polar surface area (TPSA) is 176 Å². The van der Waals surface area contributed by atoms with Crippen molar-refractivity contribution in [2.24, 2.45) is 0 Å². The van der Waals surface area contributed by atoms with Crippen LogP contribution in [0.1, 0.15) is 0 Å². The van der Waals surface area contributed by atoms with Crippen molar-refractivity contribution >= 4 is 36.2 Å². The second-order valence-corrected chi connectivity index (χ2v) is 9.30. The first-order valence-electron chi connectivity index (χ1n) is 10.8. The highest BCUT2D eigenvalue weighted by Crippen LogP contribution is 2.41. The van der Waals surface area contributed by atoms with Gasteiger partial charge in [-0.1, -0.05) is 0 Å². The molecule has 0 atom stereocenters. The molecular formula is C16H18N12O6. The Balaban J connectivity index is 1.24. The molecule has 0 spiro atoms. The highest BCUT2D eigenvalue weighted by Gasteiger charge is 2.66. The van der Waals surface area contributed by atoms with Crippen LogP contribution in [0.15, 0.2) is 0 Å². The molecule has 34 heavy (non-hydrogen) atoms. The zero-order chi connectivity index (χ0) is 23.2. The number of amides is 12. The maximum atomic E-state index is 13.6. The number of carbonyl (C=O) groups excluding carboxylic acids is 6. The highest BCUT2D eigenvalue weighted by molar-refractivity contribution is 5.90. The van der Waals surface area contributed by atoms with E-state index in [1.165, 1.54) is 39.2 Å². The molecule has 4 N–H and O–H groups in total. The molecule has 18 heteroatoms. The minimum absolute atomic E-state index is 0.158. The van der Waals surface area contributed by atoms with Crippen molar-refractivity contribution in [2.75, 3.05) is 26.7 Å². The SMILES string of the molecule is O=C1N[C@H]2NC(=O)N3CN4C(=O)N5CN6C(=O)N[C@H]7NC(=O)N(CN8C(=O)N(CN1[C@@H]23)[C@@H]4[C@H]85)[C@H]76. The predicted molar refractivity (Wildman–Crippen MR) is 102 cm³/mol. The van der Waals surface area contributed by atoms with E-state index in [1.807, 2.05) is 0 Å². The lowest BCUT2D eigenvalue weighted by Crippen LogP contribution is -2.62. The Morgan fingerprint density at radius 3 is 0.941 bits per heavy atom. The molecule has 0 aromatic rings. The average molecular weight is 474 g/mol. The molecule has 0 aromatic carbocycles. The third-order valence-electron chi connectivity index (χ3n) is 7.78. The van der Waals surface area contributed by atoms with E-state index >= 15 is 0 Å². The Hall–Kier alpha value is -4.38. The van der Waals surface area contributed by atoms with Crippen LogP contribution in [0.4, 0.5) is 28.8 Å². The molecule has 0 bridgehead atoms. The molecule has 0 saturated carbocycles. The molecule has 0 aromatic heterocycles. The van der Waals surface area contributed by atoms with Crippen molar-refractivity contribution in [3.05, 3.63) is 0 Å². The Morgan fingerprint density at radius 1 is 0.412 bits per heavy atom. The van der Waals surface area contributed by atoms with E-state index in [4.69, 9.17) is 0 Å². The van der Waals surface area contributed by atoms with E-state index in [0.717, 1.165) is 0 Å². The third kappa shape index (κ3) is 1.82. The lowest BCUT2D eigenvalue weighted by Gasteiger charge is -2.41. The highest BCUT2D eigenvalue weighted by atomic mass is 16.2. The van der Waals surface area contributed by atoms with Gasteiger partial charge in [-0.2, -0.15) is 0 Å². The summed E-state index contributed by atoms with van der Waals surface area (Å²) in [5.74, 6) is 0. The first kappa shape index (κ1) is 18.1. The smallest absolute Gasteiger partial charge is 0.314 e. The molecule has 0 aliphatic carbocycles. The number of rotatable bonds is 0. The average Bonchev–Trinajstić information content (AvgIpc) is 3.50. The summed E-state index contributed by atoms with van der Waals surface area (Å²) in [6.45, 7) is -0.631. The standard InChI is InChI=1S/C16H18N12O6/c29-11-17-5-7-21(11)1-25-9-10-27(15(25)33)3-23-8-6(19-13(23)31)20-14(32)24(8)4-28(10)16(34)26(9)2-22(7)12(30)18-5/h5-10H,1-4H2,(H,17,29)(H,18,30)(H,19,31)(H,20,32)/t5-,6+,7+,8-,9-,10+. The van der Waals surface area contributed by atoms with Gasteiger partial charge in [0.15, 0.2) is 24.7 Å². The van der Waals surface area contributed by atoms with E-state index in [0.29, 0.717) is 0 Å². The lowest BCUT2D eigenvalue weighted by molar-refractivity contribution is -0.0110. The second-order valence-electron chi connectivity index (χ2n) is 9.30. The molecule has 8 aliphatic heterocycles. The van der Waals surface area contributed by atoms with Crippen LogP contribution in [0.25, 0.3) is 0 Å². The predicted octanol–water partition coefficient (Wildman–Crippen LogP) is -3.62. The lowest BCUT2D eigenvalue weighted by atomic mass is 10.3. The van der Waals surface area contributed by atoms with Gasteiger partial charge in [-0.15, -0.1) is 0 Å². The summed E-state index contributed by atoms with van der Waals surface area (Å²) in [6, 6.07) is -2.69. The van der Waals surface area contributed by atoms with E-state index in [2.05, 4.69) is 21.3 Å². The van der Waals surface area contributed by atoms with Gasteiger partial charge in [0.05, 0.1) is 0 Å². The zero-order valence-electron chi connectivity index (χ0n) is 17.3. The van der Waals surface area contributed by atoms with E-state index in [1.54, 1.807) is 0 Å². The summed E-state index contributed by atoms with van der Waals surface area (Å²) in [5.41, 5.74) is 0. The number of carbonyl (C=O) groups is 6. The van der Waals surface area contributed by atoms with Crippen molar-refractivity contribution in [1.82, 2.24) is 60.5 Å². The Kier molecular flexibility index (Phi) is 2.87. The number of urea groups is 6. The Labute approximate surface area is 189 Å². The summed E-state index contributed by atoms with van der Waals surface area (Å²) in [6.07, 6.45) is -4.43. The fourth-order valence-corrected chi connectivity index (χ4v) is 6.36. The van der Waals surface area contributed by atoms with Crippen molar-refractivity contribution in [3.8, 4) is 0 Å². The normalized spacial score (nSPS) is 38.9. The maximum Gasteiger partial charge on any atom is 0.326 e. The molecule has 0 unspecified atom stereocenters. The summed E-state index contributed by atoms with van der Waals surface area (Å²) in [4.78, 5) is 89.0.